The fourth-order valence-corrected chi connectivity index (χ4v) is 5.07. The molecule has 4 fully saturated rings. The molecule has 0 aromatic carbocycles. The topological polar surface area (TPSA) is 38.9 Å². The van der Waals surface area contributed by atoms with Crippen LogP contribution in [0.2, 0.25) is 0 Å². The summed E-state index contributed by atoms with van der Waals surface area (Å²) in [6.45, 7) is 0. The highest BCUT2D eigenvalue weighted by molar-refractivity contribution is 5.53. The van der Waals surface area contributed by atoms with Crippen molar-refractivity contribution in [1.82, 2.24) is 4.98 Å². The zero-order chi connectivity index (χ0) is 12.8. The number of nitrogens with two attached hydrogens (primary N) is 1. The fourth-order valence-electron chi connectivity index (χ4n) is 5.07. The van der Waals surface area contributed by atoms with Gasteiger partial charge in [-0.3, -0.25) is 0 Å². The molecule has 19 heavy (non-hydrogen) atoms. The molecule has 5 rings (SSSR count). The Morgan fingerprint density at radius 2 is 1.74 bits per heavy atom. The maximum atomic E-state index is 5.74. The second-order valence-electron chi connectivity index (χ2n) is 6.88. The van der Waals surface area contributed by atoms with Crippen LogP contribution in [-0.4, -0.2) is 4.98 Å². The second kappa shape index (κ2) is 4.36. The predicted molar refractivity (Wildman–Crippen MR) is 78.2 cm³/mol. The van der Waals surface area contributed by atoms with Gasteiger partial charge in [-0.1, -0.05) is 12.2 Å². The largest absolute Gasteiger partial charge is 0.384 e. The van der Waals surface area contributed by atoms with Gasteiger partial charge in [0.15, 0.2) is 0 Å². The first kappa shape index (κ1) is 11.5. The van der Waals surface area contributed by atoms with Gasteiger partial charge in [0.05, 0.1) is 0 Å². The summed E-state index contributed by atoms with van der Waals surface area (Å²) in [5, 5.41) is 0. The van der Waals surface area contributed by atoms with Crippen molar-refractivity contribution in [2.75, 3.05) is 5.73 Å². The Balaban J connectivity index is 1.54. The van der Waals surface area contributed by atoms with Crippen molar-refractivity contribution in [3.63, 3.8) is 0 Å². The number of allylic oxidation sites excluding steroid dienone is 1. The van der Waals surface area contributed by atoms with Crippen LogP contribution in [0.4, 0.5) is 5.82 Å². The molecule has 0 unspecified atom stereocenters. The summed E-state index contributed by atoms with van der Waals surface area (Å²) < 4.78 is 0. The lowest BCUT2D eigenvalue weighted by molar-refractivity contribution is -0.0158. The predicted octanol–water partition coefficient (Wildman–Crippen LogP) is 3.75. The molecule has 0 atom stereocenters. The Kier molecular flexibility index (Phi) is 2.64. The molecule has 0 radical (unpaired) electrons. The van der Waals surface area contributed by atoms with Crippen LogP contribution < -0.4 is 5.73 Å². The first-order valence-corrected chi connectivity index (χ1v) is 7.67. The maximum absolute atomic E-state index is 5.74. The summed E-state index contributed by atoms with van der Waals surface area (Å²) in [7, 11) is 0. The van der Waals surface area contributed by atoms with Gasteiger partial charge in [-0.15, -0.1) is 0 Å². The number of nitrogen functional groups attached to an aromatic ring is 1. The first-order chi connectivity index (χ1) is 9.28. The van der Waals surface area contributed by atoms with Gasteiger partial charge in [0.2, 0.25) is 0 Å². The average molecular weight is 254 g/mol. The van der Waals surface area contributed by atoms with Gasteiger partial charge in [-0.05, 0) is 79.4 Å². The molecule has 0 amide bonds. The van der Waals surface area contributed by atoms with E-state index in [1.807, 2.05) is 12.1 Å². The van der Waals surface area contributed by atoms with E-state index in [4.69, 9.17) is 5.73 Å². The summed E-state index contributed by atoms with van der Waals surface area (Å²) in [6, 6.07) is 4.01. The van der Waals surface area contributed by atoms with E-state index >= 15 is 0 Å². The number of hydrogen-bond acceptors (Lipinski definition) is 2. The molecule has 100 valence electrons. The third kappa shape index (κ3) is 2.07. The first-order valence-electron chi connectivity index (χ1n) is 7.67. The molecule has 0 saturated heterocycles. The third-order valence-electron chi connectivity index (χ3n) is 5.62. The molecule has 1 aromatic rings. The summed E-state index contributed by atoms with van der Waals surface area (Å²) in [4.78, 5) is 4.05. The molecule has 2 heteroatoms. The number of pyridine rings is 1. The monoisotopic (exact) mass is 254 g/mol. The van der Waals surface area contributed by atoms with Crippen LogP contribution in [-0.2, 0) is 0 Å². The molecule has 0 aliphatic heterocycles. The fraction of sp³-hybridized carbons (Fsp3) is 0.588. The van der Waals surface area contributed by atoms with Gasteiger partial charge < -0.3 is 5.73 Å². The molecule has 0 spiro atoms. The van der Waals surface area contributed by atoms with Crippen LogP contribution in [0.15, 0.2) is 24.4 Å². The molecule has 4 bridgehead atoms. The lowest BCUT2D eigenvalue weighted by atomic mass is 9.52. The minimum atomic E-state index is 0.618. The van der Waals surface area contributed by atoms with Crippen LogP contribution in [0.5, 0.6) is 0 Å². The zero-order valence-electron chi connectivity index (χ0n) is 11.3. The van der Waals surface area contributed by atoms with Crippen LogP contribution in [0, 0.1) is 29.6 Å². The Morgan fingerprint density at radius 3 is 2.37 bits per heavy atom. The van der Waals surface area contributed by atoms with E-state index in [9.17, 15) is 0 Å². The Morgan fingerprint density at radius 1 is 1.05 bits per heavy atom. The molecule has 1 aromatic heterocycles. The van der Waals surface area contributed by atoms with Crippen molar-refractivity contribution in [2.45, 2.75) is 32.1 Å². The van der Waals surface area contributed by atoms with Gasteiger partial charge in [-0.25, -0.2) is 4.98 Å². The molecule has 4 aliphatic rings. The number of nitrogens with zero attached hydrogens (tertiary/aromatic N) is 1. The summed E-state index contributed by atoms with van der Waals surface area (Å²) in [5.74, 6) is 5.49. The lowest BCUT2D eigenvalue weighted by Gasteiger charge is -2.53. The van der Waals surface area contributed by atoms with E-state index in [0.717, 1.165) is 29.6 Å². The number of rotatable bonds is 2. The molecular weight excluding hydrogens is 232 g/mol. The van der Waals surface area contributed by atoms with E-state index in [-0.39, 0.29) is 0 Å². The molecule has 2 nitrogen and oxygen atoms in total. The third-order valence-corrected chi connectivity index (χ3v) is 5.62. The van der Waals surface area contributed by atoms with E-state index in [0.29, 0.717) is 5.82 Å². The van der Waals surface area contributed by atoms with Gasteiger partial charge in [0.25, 0.3) is 0 Å². The van der Waals surface area contributed by atoms with Gasteiger partial charge >= 0.3 is 0 Å². The van der Waals surface area contributed by atoms with Crippen molar-refractivity contribution in [2.24, 2.45) is 29.6 Å². The smallest absolute Gasteiger partial charge is 0.123 e. The summed E-state index contributed by atoms with van der Waals surface area (Å²) in [5.41, 5.74) is 6.93. The SMILES string of the molecule is Nc1cc(/C=C/C2C3CC4CC(C3)CC2C4)ccn1. The van der Waals surface area contributed by atoms with E-state index in [1.165, 1.54) is 37.7 Å². The van der Waals surface area contributed by atoms with Crippen LogP contribution in [0.3, 0.4) is 0 Å². The molecule has 4 aliphatic carbocycles. The average Bonchev–Trinajstić information content (AvgIpc) is 2.37. The number of hydrogen-bond donors (Lipinski definition) is 1. The van der Waals surface area contributed by atoms with Gasteiger partial charge in [-0.2, -0.15) is 0 Å². The normalized spacial score (nSPS) is 40.1. The van der Waals surface area contributed by atoms with Crippen LogP contribution >= 0.6 is 0 Å². The summed E-state index contributed by atoms with van der Waals surface area (Å²) >= 11 is 0. The van der Waals surface area contributed by atoms with Gasteiger partial charge in [0, 0.05) is 6.20 Å². The quantitative estimate of drug-likeness (QED) is 0.873. The van der Waals surface area contributed by atoms with Crippen LogP contribution in [0.25, 0.3) is 6.08 Å². The number of anilines is 1. The van der Waals surface area contributed by atoms with E-state index < -0.39 is 0 Å². The summed E-state index contributed by atoms with van der Waals surface area (Å²) in [6.07, 6.45) is 14.0. The zero-order valence-corrected chi connectivity index (χ0v) is 11.3. The van der Waals surface area contributed by atoms with Crippen molar-refractivity contribution in [3.05, 3.63) is 30.0 Å². The highest BCUT2D eigenvalue weighted by Gasteiger charge is 2.46. The second-order valence-corrected chi connectivity index (χ2v) is 6.88. The standard InChI is InChI=1S/C17H22N2/c18-17-10-11(3-4-19-17)1-2-16-14-6-12-5-13(8-14)9-15(16)7-12/h1-4,10,12-16H,5-9H2,(H2,18,19)/b2-1+. The molecule has 2 N–H and O–H groups in total. The van der Waals surface area contributed by atoms with Crippen molar-refractivity contribution >= 4 is 11.9 Å². The van der Waals surface area contributed by atoms with Crippen LogP contribution in [0.1, 0.15) is 37.7 Å². The maximum Gasteiger partial charge on any atom is 0.123 e. The van der Waals surface area contributed by atoms with Crippen molar-refractivity contribution < 1.29 is 0 Å². The molecule has 1 heterocycles. The van der Waals surface area contributed by atoms with E-state index in [2.05, 4.69) is 17.1 Å². The van der Waals surface area contributed by atoms with Crippen molar-refractivity contribution in [1.29, 1.82) is 0 Å². The number of aromatic nitrogens is 1. The highest BCUT2D eigenvalue weighted by Crippen LogP contribution is 2.56. The Bertz CT molecular complexity index is 478. The van der Waals surface area contributed by atoms with Crippen molar-refractivity contribution in [3.8, 4) is 0 Å². The lowest BCUT2D eigenvalue weighted by Crippen LogP contribution is -2.44. The minimum Gasteiger partial charge on any atom is -0.384 e. The minimum absolute atomic E-state index is 0.618. The van der Waals surface area contributed by atoms with Gasteiger partial charge in [0.1, 0.15) is 5.82 Å². The highest BCUT2D eigenvalue weighted by atomic mass is 14.8. The Hall–Kier alpha value is -1.31. The molecule has 4 saturated carbocycles. The Labute approximate surface area is 115 Å². The van der Waals surface area contributed by atoms with E-state index in [1.54, 1.807) is 6.20 Å². The molecular formula is C17H22N2.